The van der Waals surface area contributed by atoms with Crippen LogP contribution in [0.15, 0.2) is 34.8 Å². The molecule has 0 saturated heterocycles. The third kappa shape index (κ3) is 2.67. The fraction of sp³-hybridized carbons (Fsp3) is 0.350. The quantitative estimate of drug-likeness (QED) is 0.804. The van der Waals surface area contributed by atoms with Crippen molar-refractivity contribution in [3.63, 3.8) is 0 Å². The van der Waals surface area contributed by atoms with Crippen LogP contribution < -0.4 is 5.32 Å². The Morgan fingerprint density at radius 2 is 2.04 bits per heavy atom. The minimum Gasteiger partial charge on any atom is -0.348 e. The van der Waals surface area contributed by atoms with E-state index >= 15 is 0 Å². The summed E-state index contributed by atoms with van der Waals surface area (Å²) in [6, 6.07) is 9.29. The van der Waals surface area contributed by atoms with Gasteiger partial charge in [-0.15, -0.1) is 0 Å². The van der Waals surface area contributed by atoms with Crippen molar-refractivity contribution in [1.29, 1.82) is 0 Å². The number of carbonyl (C=O) groups is 1. The van der Waals surface area contributed by atoms with E-state index in [9.17, 15) is 9.18 Å². The third-order valence-corrected chi connectivity index (χ3v) is 5.97. The standard InChI is InChI=1S/C20H19BrFNO/c1-12-8-15(21)3-2-14(12)11-23-19(24)16-9-13-4-5-20(6-7-20)17(13)10-18(16)22/h2-3,8-10H,4-7,11H2,1H3,(H,23,24). The first-order valence-electron chi connectivity index (χ1n) is 8.35. The summed E-state index contributed by atoms with van der Waals surface area (Å²) < 4.78 is 15.5. The van der Waals surface area contributed by atoms with E-state index in [4.69, 9.17) is 0 Å². The number of carbonyl (C=O) groups excluding carboxylic acids is 1. The molecule has 1 amide bonds. The largest absolute Gasteiger partial charge is 0.348 e. The van der Waals surface area contributed by atoms with E-state index in [0.29, 0.717) is 6.54 Å². The Hall–Kier alpha value is -1.68. The van der Waals surface area contributed by atoms with Gasteiger partial charge in [-0.1, -0.05) is 22.0 Å². The van der Waals surface area contributed by atoms with Gasteiger partial charge in [0.2, 0.25) is 0 Å². The minimum atomic E-state index is -0.396. The molecule has 2 aliphatic carbocycles. The maximum Gasteiger partial charge on any atom is 0.254 e. The number of rotatable bonds is 3. The fourth-order valence-corrected chi connectivity index (χ4v) is 4.28. The molecule has 2 aliphatic rings. The van der Waals surface area contributed by atoms with Gasteiger partial charge in [0.15, 0.2) is 0 Å². The molecular weight excluding hydrogens is 369 g/mol. The molecule has 24 heavy (non-hydrogen) atoms. The smallest absolute Gasteiger partial charge is 0.254 e. The van der Waals surface area contributed by atoms with Gasteiger partial charge in [0.05, 0.1) is 5.56 Å². The van der Waals surface area contributed by atoms with Crippen LogP contribution in [-0.4, -0.2) is 5.91 Å². The summed E-state index contributed by atoms with van der Waals surface area (Å²) in [6.45, 7) is 2.40. The number of fused-ring (bicyclic) bond motifs is 2. The zero-order valence-corrected chi connectivity index (χ0v) is 15.2. The van der Waals surface area contributed by atoms with Crippen molar-refractivity contribution in [2.75, 3.05) is 0 Å². The van der Waals surface area contributed by atoms with Crippen molar-refractivity contribution in [1.82, 2.24) is 5.32 Å². The number of hydrogen-bond donors (Lipinski definition) is 1. The lowest BCUT2D eigenvalue weighted by molar-refractivity contribution is 0.0946. The Labute approximate surface area is 149 Å². The van der Waals surface area contributed by atoms with E-state index in [-0.39, 0.29) is 16.9 Å². The fourth-order valence-electron chi connectivity index (χ4n) is 3.80. The molecule has 2 aromatic rings. The molecule has 2 nitrogen and oxygen atoms in total. The highest BCUT2D eigenvalue weighted by Crippen LogP contribution is 2.56. The van der Waals surface area contributed by atoms with Crippen molar-refractivity contribution >= 4 is 21.8 Å². The van der Waals surface area contributed by atoms with Crippen molar-refractivity contribution in [2.24, 2.45) is 0 Å². The molecule has 0 atom stereocenters. The van der Waals surface area contributed by atoms with Gasteiger partial charge in [0, 0.05) is 11.0 Å². The van der Waals surface area contributed by atoms with Crippen LogP contribution in [0.3, 0.4) is 0 Å². The van der Waals surface area contributed by atoms with Gasteiger partial charge in [0.1, 0.15) is 5.82 Å². The molecular formula is C20H19BrFNO. The highest BCUT2D eigenvalue weighted by atomic mass is 79.9. The van der Waals surface area contributed by atoms with E-state index in [1.54, 1.807) is 12.1 Å². The van der Waals surface area contributed by atoms with Crippen molar-refractivity contribution in [3.05, 3.63) is 68.4 Å². The van der Waals surface area contributed by atoms with E-state index in [1.807, 2.05) is 25.1 Å². The Kier molecular flexibility index (Phi) is 3.75. The summed E-state index contributed by atoms with van der Waals surface area (Å²) in [7, 11) is 0. The molecule has 0 radical (unpaired) electrons. The zero-order chi connectivity index (χ0) is 16.9. The maximum absolute atomic E-state index is 14.5. The van der Waals surface area contributed by atoms with E-state index in [2.05, 4.69) is 21.2 Å². The molecule has 4 heteroatoms. The Balaban J connectivity index is 1.53. The van der Waals surface area contributed by atoms with Crippen molar-refractivity contribution < 1.29 is 9.18 Å². The predicted octanol–water partition coefficient (Wildman–Crippen LogP) is 4.80. The summed E-state index contributed by atoms with van der Waals surface area (Å²) >= 11 is 3.43. The van der Waals surface area contributed by atoms with Crippen LogP contribution in [0.1, 0.15) is 51.9 Å². The van der Waals surface area contributed by atoms with E-state index < -0.39 is 5.82 Å². The lowest BCUT2D eigenvalue weighted by Crippen LogP contribution is -2.24. The van der Waals surface area contributed by atoms with Gasteiger partial charge < -0.3 is 5.32 Å². The van der Waals surface area contributed by atoms with E-state index in [1.165, 1.54) is 0 Å². The zero-order valence-electron chi connectivity index (χ0n) is 13.6. The number of halogens is 2. The Morgan fingerprint density at radius 3 is 2.75 bits per heavy atom. The van der Waals surface area contributed by atoms with Gasteiger partial charge in [-0.25, -0.2) is 4.39 Å². The molecule has 0 aliphatic heterocycles. The lowest BCUT2D eigenvalue weighted by atomic mass is 9.96. The monoisotopic (exact) mass is 387 g/mol. The topological polar surface area (TPSA) is 29.1 Å². The Morgan fingerprint density at radius 1 is 1.25 bits per heavy atom. The predicted molar refractivity (Wildman–Crippen MR) is 95.7 cm³/mol. The first kappa shape index (κ1) is 15.8. The number of hydrogen-bond acceptors (Lipinski definition) is 1. The normalized spacial score (nSPS) is 17.0. The molecule has 1 N–H and O–H groups in total. The molecule has 124 valence electrons. The first-order chi connectivity index (χ1) is 11.5. The van der Waals surface area contributed by atoms with Crippen LogP contribution >= 0.6 is 15.9 Å². The second kappa shape index (κ2) is 5.69. The molecule has 0 bridgehead atoms. The number of benzene rings is 2. The minimum absolute atomic E-state index is 0.168. The van der Waals surface area contributed by atoms with Gasteiger partial charge in [0.25, 0.3) is 5.91 Å². The van der Waals surface area contributed by atoms with Gasteiger partial charge >= 0.3 is 0 Å². The van der Waals surface area contributed by atoms with E-state index in [0.717, 1.165) is 52.4 Å². The molecule has 0 unspecified atom stereocenters. The van der Waals surface area contributed by atoms with Crippen molar-refractivity contribution in [2.45, 2.75) is 44.6 Å². The van der Waals surface area contributed by atoms with Crippen LogP contribution in [0, 0.1) is 12.7 Å². The molecule has 2 aromatic carbocycles. The summed E-state index contributed by atoms with van der Waals surface area (Å²) in [4.78, 5) is 12.4. The summed E-state index contributed by atoms with van der Waals surface area (Å²) in [6.07, 6.45) is 4.38. The number of amides is 1. The molecule has 0 aromatic heterocycles. The highest BCUT2D eigenvalue weighted by Gasteiger charge is 2.48. The van der Waals surface area contributed by atoms with Crippen molar-refractivity contribution in [3.8, 4) is 0 Å². The summed E-state index contributed by atoms with van der Waals surface area (Å²) in [5.41, 5.74) is 4.82. The number of aryl methyl sites for hydroxylation is 2. The van der Waals surface area contributed by atoms with Gasteiger partial charge in [-0.05, 0) is 84.5 Å². The highest BCUT2D eigenvalue weighted by molar-refractivity contribution is 9.10. The average molecular weight is 388 g/mol. The maximum atomic E-state index is 14.5. The van der Waals surface area contributed by atoms with Crippen LogP contribution in [0.4, 0.5) is 4.39 Å². The molecule has 0 heterocycles. The average Bonchev–Trinajstić information content (AvgIpc) is 3.25. The van der Waals surface area contributed by atoms with Gasteiger partial charge in [-0.2, -0.15) is 0 Å². The lowest BCUT2D eigenvalue weighted by Gasteiger charge is -2.12. The molecule has 1 fully saturated rings. The van der Waals surface area contributed by atoms with Crippen LogP contribution in [0.5, 0.6) is 0 Å². The van der Waals surface area contributed by atoms with Crippen LogP contribution in [-0.2, 0) is 18.4 Å². The SMILES string of the molecule is Cc1cc(Br)ccc1CNC(=O)c1cc2c(cc1F)C1(CC2)CC1. The number of nitrogens with one attached hydrogen (secondary N) is 1. The van der Waals surface area contributed by atoms with Crippen LogP contribution in [0.2, 0.25) is 0 Å². The molecule has 1 saturated carbocycles. The molecule has 1 spiro atoms. The Bertz CT molecular complexity index is 842. The van der Waals surface area contributed by atoms with Gasteiger partial charge in [-0.3, -0.25) is 4.79 Å². The third-order valence-electron chi connectivity index (χ3n) is 5.48. The summed E-state index contributed by atoms with van der Waals surface area (Å²) in [5.74, 6) is -0.735. The molecule has 4 rings (SSSR count). The first-order valence-corrected chi connectivity index (χ1v) is 9.14. The van der Waals surface area contributed by atoms with Crippen LogP contribution in [0.25, 0.3) is 0 Å². The second-order valence-corrected chi connectivity index (χ2v) is 7.94. The second-order valence-electron chi connectivity index (χ2n) is 7.02. The summed E-state index contributed by atoms with van der Waals surface area (Å²) in [5, 5.41) is 2.85.